The molecule has 0 aromatic heterocycles. The van der Waals surface area contributed by atoms with E-state index in [0.29, 0.717) is 0 Å². The van der Waals surface area contributed by atoms with Crippen LogP contribution in [0.25, 0.3) is 0 Å². The van der Waals surface area contributed by atoms with Gasteiger partial charge < -0.3 is 14.7 Å². The molecule has 0 bridgehead atoms. The van der Waals surface area contributed by atoms with Crippen LogP contribution in [-0.4, -0.2) is 17.4 Å². The molecule has 0 aliphatic heterocycles. The third-order valence-corrected chi connectivity index (χ3v) is 1.49. The van der Waals surface area contributed by atoms with Crippen LogP contribution in [-0.2, 0) is 0 Å². The van der Waals surface area contributed by atoms with Crippen molar-refractivity contribution in [3.8, 4) is 17.9 Å². The van der Waals surface area contributed by atoms with Crippen molar-refractivity contribution >= 4 is 7.32 Å². The SMILES string of the molecule is N#Cc1cccc(OB(O)O)c1C#N. The summed E-state index contributed by atoms with van der Waals surface area (Å²) in [6.45, 7) is 0. The Morgan fingerprint density at radius 1 is 1.21 bits per heavy atom. The fourth-order valence-electron chi connectivity index (χ4n) is 0.951. The van der Waals surface area contributed by atoms with Crippen molar-refractivity contribution in [3.05, 3.63) is 29.3 Å². The molecule has 68 valence electrons. The Balaban J connectivity index is 3.19. The maximum Gasteiger partial charge on any atom is 0.707 e. The second-order valence-corrected chi connectivity index (χ2v) is 2.35. The molecule has 0 saturated carbocycles. The van der Waals surface area contributed by atoms with Gasteiger partial charge in [-0.3, -0.25) is 0 Å². The van der Waals surface area contributed by atoms with Crippen LogP contribution in [0.15, 0.2) is 18.2 Å². The smallest absolute Gasteiger partial charge is 0.511 e. The van der Waals surface area contributed by atoms with E-state index >= 15 is 0 Å². The highest BCUT2D eigenvalue weighted by atomic mass is 16.6. The molecule has 0 atom stereocenters. The lowest BCUT2D eigenvalue weighted by Gasteiger charge is -2.06. The van der Waals surface area contributed by atoms with Gasteiger partial charge in [-0.05, 0) is 12.1 Å². The minimum absolute atomic E-state index is 0.0110. The second-order valence-electron chi connectivity index (χ2n) is 2.35. The highest BCUT2D eigenvalue weighted by Gasteiger charge is 2.16. The number of benzene rings is 1. The Labute approximate surface area is 80.6 Å². The van der Waals surface area contributed by atoms with E-state index in [1.165, 1.54) is 18.2 Å². The third-order valence-electron chi connectivity index (χ3n) is 1.49. The fourth-order valence-corrected chi connectivity index (χ4v) is 0.951. The molecule has 1 rings (SSSR count). The molecule has 14 heavy (non-hydrogen) atoms. The van der Waals surface area contributed by atoms with Gasteiger partial charge in [0.15, 0.2) is 0 Å². The van der Waals surface area contributed by atoms with E-state index in [2.05, 4.69) is 4.65 Å². The van der Waals surface area contributed by atoms with Crippen molar-refractivity contribution in [1.82, 2.24) is 0 Å². The maximum absolute atomic E-state index is 8.70. The van der Waals surface area contributed by atoms with Gasteiger partial charge in [0.05, 0.1) is 5.56 Å². The monoisotopic (exact) mass is 188 g/mol. The van der Waals surface area contributed by atoms with Crippen LogP contribution < -0.4 is 4.65 Å². The number of nitriles is 2. The Bertz CT molecular complexity index is 420. The zero-order valence-corrected chi connectivity index (χ0v) is 7.01. The van der Waals surface area contributed by atoms with Gasteiger partial charge in [-0.15, -0.1) is 0 Å². The first-order chi connectivity index (χ1) is 6.69. The number of nitrogens with zero attached hydrogens (tertiary/aromatic N) is 2. The molecule has 1 aromatic rings. The lowest BCUT2D eigenvalue weighted by molar-refractivity contribution is 0.288. The molecule has 0 amide bonds. The fraction of sp³-hybridized carbons (Fsp3) is 0. The summed E-state index contributed by atoms with van der Waals surface area (Å²) >= 11 is 0. The maximum atomic E-state index is 8.70. The van der Waals surface area contributed by atoms with Gasteiger partial charge in [-0.25, -0.2) is 0 Å². The Morgan fingerprint density at radius 2 is 1.93 bits per heavy atom. The Kier molecular flexibility index (Phi) is 3.08. The van der Waals surface area contributed by atoms with Gasteiger partial charge in [0.2, 0.25) is 0 Å². The van der Waals surface area contributed by atoms with Crippen molar-refractivity contribution in [1.29, 1.82) is 10.5 Å². The van der Waals surface area contributed by atoms with E-state index < -0.39 is 7.32 Å². The molecule has 5 nitrogen and oxygen atoms in total. The number of hydrogen-bond acceptors (Lipinski definition) is 5. The lowest BCUT2D eigenvalue weighted by Crippen LogP contribution is -2.21. The average Bonchev–Trinajstić information content (AvgIpc) is 2.16. The van der Waals surface area contributed by atoms with E-state index in [0.717, 1.165) is 0 Å². The van der Waals surface area contributed by atoms with E-state index in [4.69, 9.17) is 20.6 Å². The molecule has 1 aromatic carbocycles. The van der Waals surface area contributed by atoms with Crippen LogP contribution in [0.4, 0.5) is 0 Å². The molecule has 0 saturated heterocycles. The van der Waals surface area contributed by atoms with Crippen LogP contribution in [0.5, 0.6) is 5.75 Å². The highest BCUT2D eigenvalue weighted by molar-refractivity contribution is 6.33. The van der Waals surface area contributed by atoms with Gasteiger partial charge >= 0.3 is 7.32 Å². The number of rotatable bonds is 2. The van der Waals surface area contributed by atoms with Crippen LogP contribution in [0.3, 0.4) is 0 Å². The summed E-state index contributed by atoms with van der Waals surface area (Å²) in [5.74, 6) is -0.0263. The molecule has 0 aliphatic carbocycles. The highest BCUT2D eigenvalue weighted by Crippen LogP contribution is 2.20. The minimum atomic E-state index is -2.00. The van der Waals surface area contributed by atoms with Gasteiger partial charge in [-0.2, -0.15) is 10.5 Å². The van der Waals surface area contributed by atoms with E-state index in [1.54, 1.807) is 12.1 Å². The normalized spacial score (nSPS) is 8.57. The standard InChI is InChI=1S/C8H5BN2O3/c10-4-6-2-1-3-8(7(6)5-11)14-9(12)13/h1-3,12-13H. The summed E-state index contributed by atoms with van der Waals surface area (Å²) in [7, 11) is -2.00. The van der Waals surface area contributed by atoms with E-state index in [1.807, 2.05) is 0 Å². The van der Waals surface area contributed by atoms with Crippen molar-refractivity contribution in [2.24, 2.45) is 0 Å². The molecule has 0 unspecified atom stereocenters. The lowest BCUT2D eigenvalue weighted by atomic mass is 10.1. The molecule has 6 heteroatoms. The summed E-state index contributed by atoms with van der Waals surface area (Å²) in [5, 5.41) is 34.4. The van der Waals surface area contributed by atoms with Crippen molar-refractivity contribution < 1.29 is 14.7 Å². The summed E-state index contributed by atoms with van der Waals surface area (Å²) in [4.78, 5) is 0. The van der Waals surface area contributed by atoms with Crippen LogP contribution >= 0.6 is 0 Å². The molecule has 0 aliphatic rings. The quantitative estimate of drug-likeness (QED) is 0.625. The van der Waals surface area contributed by atoms with Gasteiger partial charge in [0.25, 0.3) is 0 Å². The predicted octanol–water partition coefficient (Wildman–Crippen LogP) is -0.222. The topological polar surface area (TPSA) is 97.3 Å². The number of hydrogen-bond donors (Lipinski definition) is 2. The first-order valence-electron chi connectivity index (χ1n) is 3.65. The molecule has 2 N–H and O–H groups in total. The molecular formula is C8H5BN2O3. The van der Waals surface area contributed by atoms with E-state index in [9.17, 15) is 0 Å². The summed E-state index contributed by atoms with van der Waals surface area (Å²) in [6, 6.07) is 7.84. The van der Waals surface area contributed by atoms with Gasteiger partial charge in [0.1, 0.15) is 23.5 Å². The third kappa shape index (κ3) is 2.02. The largest absolute Gasteiger partial charge is 0.707 e. The van der Waals surface area contributed by atoms with Gasteiger partial charge in [-0.1, -0.05) is 6.07 Å². The molecular weight excluding hydrogens is 183 g/mol. The molecule has 0 radical (unpaired) electrons. The zero-order valence-electron chi connectivity index (χ0n) is 7.01. The zero-order chi connectivity index (χ0) is 10.6. The predicted molar refractivity (Wildman–Crippen MR) is 46.7 cm³/mol. The summed E-state index contributed by atoms with van der Waals surface area (Å²) < 4.78 is 4.52. The van der Waals surface area contributed by atoms with Crippen molar-refractivity contribution in [2.75, 3.05) is 0 Å². The summed E-state index contributed by atoms with van der Waals surface area (Å²) in [5.41, 5.74) is 0.119. The van der Waals surface area contributed by atoms with Crippen molar-refractivity contribution in [3.63, 3.8) is 0 Å². The molecule has 0 heterocycles. The van der Waals surface area contributed by atoms with Crippen LogP contribution in [0, 0.1) is 22.7 Å². The van der Waals surface area contributed by atoms with Crippen molar-refractivity contribution in [2.45, 2.75) is 0 Å². The minimum Gasteiger partial charge on any atom is -0.511 e. The first-order valence-corrected chi connectivity index (χ1v) is 3.65. The molecule has 0 spiro atoms. The first kappa shape index (κ1) is 10.1. The molecule has 0 fully saturated rings. The Morgan fingerprint density at radius 3 is 2.43 bits per heavy atom. The second kappa shape index (κ2) is 4.29. The van der Waals surface area contributed by atoms with E-state index in [-0.39, 0.29) is 16.9 Å². The van der Waals surface area contributed by atoms with Crippen LogP contribution in [0.2, 0.25) is 0 Å². The summed E-state index contributed by atoms with van der Waals surface area (Å²) in [6.07, 6.45) is 0. The van der Waals surface area contributed by atoms with Gasteiger partial charge in [0, 0.05) is 0 Å². The Hall–Kier alpha value is -2.02. The van der Waals surface area contributed by atoms with Crippen LogP contribution in [0.1, 0.15) is 11.1 Å². The average molecular weight is 188 g/mol.